The molecule has 0 unspecified atom stereocenters. The summed E-state index contributed by atoms with van der Waals surface area (Å²) in [7, 11) is -3.84. The fourth-order valence-corrected chi connectivity index (χ4v) is 4.74. The van der Waals surface area contributed by atoms with Gasteiger partial charge in [-0.2, -0.15) is 0 Å². The van der Waals surface area contributed by atoms with Crippen molar-refractivity contribution in [3.63, 3.8) is 0 Å². The van der Waals surface area contributed by atoms with Crippen molar-refractivity contribution in [2.75, 3.05) is 26.1 Å². The van der Waals surface area contributed by atoms with Crippen LogP contribution in [0.5, 0.6) is 0 Å². The van der Waals surface area contributed by atoms with Gasteiger partial charge in [0.15, 0.2) is 15.6 Å². The Morgan fingerprint density at radius 1 is 1.23 bits per heavy atom. The maximum Gasteiger partial charge on any atom is 0.261 e. The minimum absolute atomic E-state index is 0.0866. The fraction of sp³-hybridized carbons (Fsp3) is 0.400. The van der Waals surface area contributed by atoms with E-state index in [1.807, 2.05) is 13.0 Å². The number of sulfone groups is 1. The van der Waals surface area contributed by atoms with Crippen molar-refractivity contribution in [1.29, 1.82) is 0 Å². The molecule has 0 aliphatic carbocycles. The van der Waals surface area contributed by atoms with E-state index in [-0.39, 0.29) is 24.2 Å². The number of halogens is 1. The van der Waals surface area contributed by atoms with Crippen LogP contribution < -0.4 is 5.56 Å². The monoisotopic (exact) mass is 504 g/mol. The molecular weight excluding hydrogens is 475 g/mol. The average Bonchev–Trinajstić information content (AvgIpc) is 2.82. The van der Waals surface area contributed by atoms with E-state index < -0.39 is 32.5 Å². The maximum atomic E-state index is 14.8. The number of hydrogen-bond acceptors (Lipinski definition) is 7. The molecule has 8 nitrogen and oxygen atoms in total. The van der Waals surface area contributed by atoms with Crippen molar-refractivity contribution in [2.45, 2.75) is 38.0 Å². The third kappa shape index (κ3) is 5.66. The Morgan fingerprint density at radius 2 is 1.97 bits per heavy atom. The highest BCUT2D eigenvalue weighted by molar-refractivity contribution is 7.92. The number of aliphatic hydroxyl groups excluding tert-OH is 1. The lowest BCUT2D eigenvalue weighted by Crippen LogP contribution is -2.46. The van der Waals surface area contributed by atoms with Crippen molar-refractivity contribution in [2.24, 2.45) is 0 Å². The molecule has 35 heavy (non-hydrogen) atoms. The molecule has 0 bridgehead atoms. The van der Waals surface area contributed by atoms with E-state index in [1.165, 1.54) is 23.9 Å². The molecule has 0 saturated carbocycles. The second-order valence-corrected chi connectivity index (χ2v) is 11.0. The number of aromatic nitrogens is 2. The Labute approximate surface area is 203 Å². The smallest absolute Gasteiger partial charge is 0.261 e. The first-order chi connectivity index (χ1) is 16.5. The van der Waals surface area contributed by atoms with Gasteiger partial charge in [0, 0.05) is 25.0 Å². The number of aliphatic hydroxyl groups is 1. The summed E-state index contributed by atoms with van der Waals surface area (Å²) in [4.78, 5) is 29.4. The number of ketones is 1. The van der Waals surface area contributed by atoms with Gasteiger partial charge in [-0.05, 0) is 56.0 Å². The molecule has 1 heterocycles. The quantitative estimate of drug-likeness (QED) is 0.399. The van der Waals surface area contributed by atoms with Crippen molar-refractivity contribution in [3.05, 3.63) is 64.5 Å². The van der Waals surface area contributed by atoms with Gasteiger partial charge in [-0.25, -0.2) is 17.8 Å². The molecule has 3 rings (SSSR count). The van der Waals surface area contributed by atoms with Crippen LogP contribution in [0.4, 0.5) is 4.39 Å². The topological polar surface area (TPSA) is 116 Å². The summed E-state index contributed by atoms with van der Waals surface area (Å²) in [5, 5.41) is 9.48. The Bertz CT molecular complexity index is 1400. The van der Waals surface area contributed by atoms with Crippen LogP contribution >= 0.6 is 0 Å². The van der Waals surface area contributed by atoms with Crippen molar-refractivity contribution in [3.8, 4) is 11.1 Å². The first kappa shape index (κ1) is 26.7. The molecule has 2 aromatic carbocycles. The summed E-state index contributed by atoms with van der Waals surface area (Å²) in [6.45, 7) is 3.25. The molecule has 0 radical (unpaired) electrons. The third-order valence-electron chi connectivity index (χ3n) is 6.29. The van der Waals surface area contributed by atoms with E-state index in [0.29, 0.717) is 36.3 Å². The number of rotatable bonds is 11. The predicted octanol–water partition coefficient (Wildman–Crippen LogP) is 2.54. The lowest BCUT2D eigenvalue weighted by atomic mass is 10.0. The molecular formula is C25H29FN2O6S. The molecule has 0 fully saturated rings. The van der Waals surface area contributed by atoms with Gasteiger partial charge in [0.2, 0.25) is 0 Å². The van der Waals surface area contributed by atoms with Crippen LogP contribution in [0.3, 0.4) is 0 Å². The maximum absolute atomic E-state index is 14.8. The second kappa shape index (κ2) is 10.8. The van der Waals surface area contributed by atoms with Crippen LogP contribution in [0.1, 0.15) is 25.8 Å². The Morgan fingerprint density at radius 3 is 2.60 bits per heavy atom. The number of aryl methyl sites for hydroxylation is 1. The number of benzene rings is 2. The molecule has 0 aliphatic rings. The lowest BCUT2D eigenvalue weighted by Gasteiger charge is -2.25. The summed E-state index contributed by atoms with van der Waals surface area (Å²) < 4.78 is 43.9. The van der Waals surface area contributed by atoms with Gasteiger partial charge in [0.25, 0.3) is 5.56 Å². The zero-order chi connectivity index (χ0) is 25.8. The number of Topliss-reactive ketones (excluding diaryl/α,β-unsaturated/α-hetero) is 1. The molecule has 1 atom stereocenters. The van der Waals surface area contributed by atoms with E-state index in [1.54, 1.807) is 24.3 Å². The molecule has 10 heteroatoms. The van der Waals surface area contributed by atoms with E-state index >= 15 is 0 Å². The Kier molecular flexibility index (Phi) is 8.19. The highest BCUT2D eigenvalue weighted by atomic mass is 32.2. The SMILES string of the molecule is CCOCCc1ccc(-c2ccc3c(=O)n(CC[C@](C)(C(=O)CO)S(C)(=O)=O)cnc3c2)c(F)c1. The Hall–Kier alpha value is -2.95. The summed E-state index contributed by atoms with van der Waals surface area (Å²) in [6.07, 6.45) is 2.60. The molecule has 0 aliphatic heterocycles. The van der Waals surface area contributed by atoms with Crippen LogP contribution in [0.25, 0.3) is 22.0 Å². The molecule has 1 N–H and O–H groups in total. The van der Waals surface area contributed by atoms with E-state index in [0.717, 1.165) is 11.8 Å². The Balaban J connectivity index is 1.88. The molecule has 3 aromatic rings. The van der Waals surface area contributed by atoms with Gasteiger partial charge < -0.3 is 9.84 Å². The van der Waals surface area contributed by atoms with Gasteiger partial charge in [0.1, 0.15) is 17.2 Å². The highest BCUT2D eigenvalue weighted by Crippen LogP contribution is 2.27. The molecule has 188 valence electrons. The van der Waals surface area contributed by atoms with Crippen LogP contribution in [-0.4, -0.2) is 59.7 Å². The third-order valence-corrected chi connectivity index (χ3v) is 8.36. The fourth-order valence-electron chi connectivity index (χ4n) is 3.80. The molecule has 0 spiro atoms. The normalized spacial score (nSPS) is 13.6. The minimum atomic E-state index is -3.84. The molecule has 1 aromatic heterocycles. The van der Waals surface area contributed by atoms with Crippen molar-refractivity contribution >= 4 is 26.5 Å². The standard InChI is InChI=1S/C25H29FN2O6S/c1-4-34-12-9-17-5-7-19(21(26)13-17)18-6-8-20-22(14-18)27-16-28(24(20)31)11-10-25(2,23(30)15-29)35(3,32)33/h5-8,13-14,16,29H,4,9-12,15H2,1-3H3/t25-/m1/s1. The van der Waals surface area contributed by atoms with Gasteiger partial charge >= 0.3 is 0 Å². The van der Waals surface area contributed by atoms with Gasteiger partial charge in [-0.15, -0.1) is 0 Å². The minimum Gasteiger partial charge on any atom is -0.389 e. The van der Waals surface area contributed by atoms with Crippen LogP contribution in [0, 0.1) is 5.82 Å². The van der Waals surface area contributed by atoms with Crippen molar-refractivity contribution in [1.82, 2.24) is 9.55 Å². The van der Waals surface area contributed by atoms with Gasteiger partial charge in [0.05, 0.1) is 23.8 Å². The zero-order valence-electron chi connectivity index (χ0n) is 20.0. The second-order valence-electron chi connectivity index (χ2n) is 8.57. The van der Waals surface area contributed by atoms with Crippen LogP contribution in [0.15, 0.2) is 47.5 Å². The van der Waals surface area contributed by atoms with Crippen LogP contribution in [0.2, 0.25) is 0 Å². The highest BCUT2D eigenvalue weighted by Gasteiger charge is 2.42. The average molecular weight is 505 g/mol. The largest absolute Gasteiger partial charge is 0.389 e. The van der Waals surface area contributed by atoms with E-state index in [2.05, 4.69) is 4.98 Å². The van der Waals surface area contributed by atoms with Crippen molar-refractivity contribution < 1.29 is 27.4 Å². The zero-order valence-corrected chi connectivity index (χ0v) is 20.8. The van der Waals surface area contributed by atoms with E-state index in [4.69, 9.17) is 4.74 Å². The summed E-state index contributed by atoms with van der Waals surface area (Å²) in [5.41, 5.74) is 1.71. The lowest BCUT2D eigenvalue weighted by molar-refractivity contribution is -0.124. The summed E-state index contributed by atoms with van der Waals surface area (Å²) in [5.74, 6) is -1.22. The number of hydrogen-bond donors (Lipinski definition) is 1. The number of carbonyl (C=O) groups excluding carboxylic acids is 1. The van der Waals surface area contributed by atoms with E-state index in [9.17, 15) is 27.5 Å². The van der Waals surface area contributed by atoms with Gasteiger partial charge in [-0.1, -0.05) is 18.2 Å². The first-order valence-electron chi connectivity index (χ1n) is 11.2. The molecule has 0 saturated heterocycles. The van der Waals surface area contributed by atoms with Gasteiger partial charge in [-0.3, -0.25) is 14.2 Å². The van der Waals surface area contributed by atoms with Crippen LogP contribution in [-0.2, 0) is 32.3 Å². The summed E-state index contributed by atoms with van der Waals surface area (Å²) in [6, 6.07) is 9.78. The molecule has 0 amide bonds. The number of carbonyl (C=O) groups is 1. The number of nitrogens with zero attached hydrogens (tertiary/aromatic N) is 2. The number of fused-ring (bicyclic) bond motifs is 1. The number of ether oxygens (including phenoxy) is 1. The summed E-state index contributed by atoms with van der Waals surface area (Å²) >= 11 is 0. The first-order valence-corrected chi connectivity index (χ1v) is 13.1. The predicted molar refractivity (Wildman–Crippen MR) is 132 cm³/mol.